The Bertz CT molecular complexity index is 1210. The first kappa shape index (κ1) is 24.7. The van der Waals surface area contributed by atoms with Gasteiger partial charge in [-0.3, -0.25) is 14.5 Å². The van der Waals surface area contributed by atoms with E-state index in [1.165, 1.54) is 9.80 Å². The van der Waals surface area contributed by atoms with Crippen molar-refractivity contribution in [2.75, 3.05) is 16.8 Å². The standard InChI is InChI=1S/C24H24BrN3O4S2/c1-22(2,3)32-20(31)26-24(16-8-6-7-9-17(16)27(5)19(24)30)23(4)18(29)28(21(33)34-23)15-12-10-14(25)11-13-15/h6-13H,1-5H3,(H,26,31)/t23-,24-/m0/s1. The molecule has 0 saturated carbocycles. The number of anilines is 2. The van der Waals surface area contributed by atoms with E-state index in [0.29, 0.717) is 21.3 Å². The van der Waals surface area contributed by atoms with E-state index in [0.717, 1.165) is 16.2 Å². The number of likely N-dealkylation sites (N-methyl/N-ethyl adjacent to an activating group) is 1. The molecule has 0 aliphatic carbocycles. The molecule has 10 heteroatoms. The second-order valence-electron chi connectivity index (χ2n) is 9.28. The Morgan fingerprint density at radius 2 is 1.71 bits per heavy atom. The summed E-state index contributed by atoms with van der Waals surface area (Å²) in [7, 11) is 1.62. The number of thiocarbonyl (C=S) groups is 1. The second kappa shape index (κ2) is 8.35. The highest BCUT2D eigenvalue weighted by atomic mass is 79.9. The maximum Gasteiger partial charge on any atom is 0.408 e. The molecular weight excluding hydrogens is 538 g/mol. The molecule has 2 aliphatic rings. The summed E-state index contributed by atoms with van der Waals surface area (Å²) in [4.78, 5) is 44.0. The summed E-state index contributed by atoms with van der Waals surface area (Å²) in [6.45, 7) is 6.85. The number of nitrogens with one attached hydrogen (secondary N) is 1. The van der Waals surface area contributed by atoms with Crippen molar-refractivity contribution in [3.63, 3.8) is 0 Å². The van der Waals surface area contributed by atoms with Crippen molar-refractivity contribution < 1.29 is 19.1 Å². The fourth-order valence-electron chi connectivity index (χ4n) is 4.33. The first-order chi connectivity index (χ1) is 15.8. The van der Waals surface area contributed by atoms with Gasteiger partial charge in [-0.1, -0.05) is 58.1 Å². The summed E-state index contributed by atoms with van der Waals surface area (Å²) in [6.07, 6.45) is -0.798. The Morgan fingerprint density at radius 3 is 2.32 bits per heavy atom. The molecule has 34 heavy (non-hydrogen) atoms. The third kappa shape index (κ3) is 3.72. The number of rotatable bonds is 3. The van der Waals surface area contributed by atoms with E-state index in [2.05, 4.69) is 21.2 Å². The minimum Gasteiger partial charge on any atom is -0.444 e. The molecule has 0 radical (unpaired) electrons. The Labute approximate surface area is 216 Å². The first-order valence-corrected chi connectivity index (χ1v) is 12.6. The predicted molar refractivity (Wildman–Crippen MR) is 141 cm³/mol. The predicted octanol–water partition coefficient (Wildman–Crippen LogP) is 4.97. The van der Waals surface area contributed by atoms with Crippen LogP contribution < -0.4 is 15.1 Å². The van der Waals surface area contributed by atoms with Crippen LogP contribution in [-0.4, -0.2) is 39.6 Å². The number of nitrogens with zero attached hydrogens (tertiary/aromatic N) is 2. The Morgan fingerprint density at radius 1 is 1.09 bits per heavy atom. The van der Waals surface area contributed by atoms with Gasteiger partial charge in [-0.05, 0) is 58.0 Å². The van der Waals surface area contributed by atoms with Crippen LogP contribution in [0.15, 0.2) is 53.0 Å². The molecule has 1 fully saturated rings. The molecule has 0 bridgehead atoms. The van der Waals surface area contributed by atoms with E-state index in [9.17, 15) is 14.4 Å². The van der Waals surface area contributed by atoms with Crippen molar-refractivity contribution in [1.82, 2.24) is 5.32 Å². The van der Waals surface area contributed by atoms with Gasteiger partial charge < -0.3 is 15.0 Å². The molecule has 2 aromatic carbocycles. The number of carbonyl (C=O) groups excluding carboxylic acids is 3. The number of benzene rings is 2. The SMILES string of the molecule is CN1C(=O)[C@](NC(=O)OC(C)(C)C)([C@@]2(C)SC(=S)N(c3ccc(Br)cc3)C2=O)c2ccccc21. The lowest BCUT2D eigenvalue weighted by Gasteiger charge is -2.40. The van der Waals surface area contributed by atoms with Gasteiger partial charge in [0, 0.05) is 22.8 Å². The number of hydrogen-bond donors (Lipinski definition) is 1. The van der Waals surface area contributed by atoms with Crippen LogP contribution >= 0.6 is 39.9 Å². The summed E-state index contributed by atoms with van der Waals surface area (Å²) in [6, 6.07) is 14.3. The van der Waals surface area contributed by atoms with Gasteiger partial charge in [0.1, 0.15) is 14.7 Å². The van der Waals surface area contributed by atoms with Crippen molar-refractivity contribution in [3.8, 4) is 0 Å². The number of alkyl carbamates (subject to hydrolysis) is 1. The Kier molecular flexibility index (Phi) is 6.06. The molecule has 0 spiro atoms. The van der Waals surface area contributed by atoms with Crippen LogP contribution in [0.5, 0.6) is 0 Å². The summed E-state index contributed by atoms with van der Waals surface area (Å²) in [5, 5.41) is 2.81. The highest BCUT2D eigenvalue weighted by molar-refractivity contribution is 9.10. The Balaban J connectivity index is 1.89. The zero-order valence-corrected chi connectivity index (χ0v) is 22.6. The zero-order valence-electron chi connectivity index (χ0n) is 19.3. The molecule has 0 unspecified atom stereocenters. The third-order valence-electron chi connectivity index (χ3n) is 5.87. The van der Waals surface area contributed by atoms with Crippen LogP contribution in [-0.2, 0) is 19.9 Å². The zero-order chi connectivity index (χ0) is 25.1. The number of carbonyl (C=O) groups is 3. The van der Waals surface area contributed by atoms with E-state index in [1.54, 1.807) is 71.1 Å². The summed E-state index contributed by atoms with van der Waals surface area (Å²) < 4.78 is 5.19. The lowest BCUT2D eigenvalue weighted by Crippen LogP contribution is -2.67. The second-order valence-corrected chi connectivity index (χ2v) is 12.2. The Hall–Kier alpha value is -2.43. The molecule has 1 saturated heterocycles. The molecule has 7 nitrogen and oxygen atoms in total. The summed E-state index contributed by atoms with van der Waals surface area (Å²) >= 11 is 10.1. The number of halogens is 1. The van der Waals surface area contributed by atoms with Gasteiger partial charge in [-0.15, -0.1) is 0 Å². The number of ether oxygens (including phenoxy) is 1. The van der Waals surface area contributed by atoms with E-state index >= 15 is 0 Å². The van der Waals surface area contributed by atoms with Crippen LogP contribution in [0.2, 0.25) is 0 Å². The largest absolute Gasteiger partial charge is 0.444 e. The topological polar surface area (TPSA) is 79.0 Å². The monoisotopic (exact) mass is 561 g/mol. The number of thioether (sulfide) groups is 1. The fraction of sp³-hybridized carbons (Fsp3) is 0.333. The average molecular weight is 563 g/mol. The van der Waals surface area contributed by atoms with Gasteiger partial charge in [-0.25, -0.2) is 4.79 Å². The van der Waals surface area contributed by atoms with Crippen LogP contribution in [0.3, 0.4) is 0 Å². The molecule has 1 N–H and O–H groups in total. The highest BCUT2D eigenvalue weighted by Gasteiger charge is 2.69. The van der Waals surface area contributed by atoms with Gasteiger partial charge in [0.25, 0.3) is 11.8 Å². The highest BCUT2D eigenvalue weighted by Crippen LogP contribution is 2.55. The van der Waals surface area contributed by atoms with Crippen molar-refractivity contribution in [2.24, 2.45) is 0 Å². The van der Waals surface area contributed by atoms with Crippen LogP contribution in [0.1, 0.15) is 33.3 Å². The number of hydrogen-bond acceptors (Lipinski definition) is 6. The third-order valence-corrected chi connectivity index (χ3v) is 8.08. The van der Waals surface area contributed by atoms with E-state index in [-0.39, 0.29) is 0 Å². The van der Waals surface area contributed by atoms with Gasteiger partial charge in [0.05, 0.1) is 5.69 Å². The molecule has 3 amide bonds. The normalized spacial score (nSPS) is 24.5. The van der Waals surface area contributed by atoms with Crippen molar-refractivity contribution in [1.29, 1.82) is 0 Å². The smallest absolute Gasteiger partial charge is 0.408 e. The first-order valence-electron chi connectivity index (χ1n) is 10.5. The van der Waals surface area contributed by atoms with Crippen LogP contribution in [0.25, 0.3) is 0 Å². The summed E-state index contributed by atoms with van der Waals surface area (Å²) in [5.74, 6) is -0.845. The molecule has 2 aromatic rings. The minimum atomic E-state index is -1.74. The van der Waals surface area contributed by atoms with Crippen molar-refractivity contribution >= 4 is 73.5 Å². The molecule has 0 aromatic heterocycles. The lowest BCUT2D eigenvalue weighted by atomic mass is 9.78. The van der Waals surface area contributed by atoms with Crippen molar-refractivity contribution in [2.45, 2.75) is 43.6 Å². The van der Waals surface area contributed by atoms with E-state index in [1.807, 2.05) is 12.1 Å². The molecule has 4 rings (SSSR count). The van der Waals surface area contributed by atoms with Crippen LogP contribution in [0, 0.1) is 0 Å². The van der Waals surface area contributed by atoms with Gasteiger partial charge >= 0.3 is 6.09 Å². The molecule has 2 atom stereocenters. The molecular formula is C24H24BrN3O4S2. The molecule has 2 aliphatic heterocycles. The van der Waals surface area contributed by atoms with Crippen LogP contribution in [0.4, 0.5) is 16.2 Å². The number of fused-ring (bicyclic) bond motifs is 1. The maximum absolute atomic E-state index is 14.1. The lowest BCUT2D eigenvalue weighted by molar-refractivity contribution is -0.131. The summed E-state index contributed by atoms with van der Waals surface area (Å²) in [5.41, 5.74) is -0.848. The minimum absolute atomic E-state index is 0.292. The van der Waals surface area contributed by atoms with Gasteiger partial charge in [0.15, 0.2) is 5.54 Å². The van der Waals surface area contributed by atoms with E-state index < -0.39 is 33.8 Å². The number of para-hydroxylation sites is 1. The van der Waals surface area contributed by atoms with E-state index in [4.69, 9.17) is 17.0 Å². The quantitative estimate of drug-likeness (QED) is 0.533. The molecule has 2 heterocycles. The van der Waals surface area contributed by atoms with Gasteiger partial charge in [0.2, 0.25) is 0 Å². The van der Waals surface area contributed by atoms with Gasteiger partial charge in [-0.2, -0.15) is 0 Å². The number of amides is 3. The maximum atomic E-state index is 14.1. The fourth-order valence-corrected chi connectivity index (χ4v) is 6.49. The molecule has 178 valence electrons. The van der Waals surface area contributed by atoms with Crippen molar-refractivity contribution in [3.05, 3.63) is 58.6 Å². The average Bonchev–Trinajstić information content (AvgIpc) is 3.11.